The van der Waals surface area contributed by atoms with E-state index in [4.69, 9.17) is 0 Å². The molecule has 7 nitrogen and oxygen atoms in total. The van der Waals surface area contributed by atoms with Crippen molar-refractivity contribution in [2.75, 3.05) is 32.7 Å². The van der Waals surface area contributed by atoms with Crippen LogP contribution in [-0.2, 0) is 14.8 Å². The Hall–Kier alpha value is -2.78. The van der Waals surface area contributed by atoms with Gasteiger partial charge in [-0.1, -0.05) is 24.3 Å². The molecule has 0 atom stereocenters. The van der Waals surface area contributed by atoms with Gasteiger partial charge in [0.05, 0.1) is 4.90 Å². The van der Waals surface area contributed by atoms with Gasteiger partial charge in [-0.2, -0.15) is 4.31 Å². The normalized spacial score (nSPS) is 15.1. The molecule has 2 aromatic carbocycles. The third kappa shape index (κ3) is 5.18. The van der Waals surface area contributed by atoms with E-state index in [1.165, 1.54) is 22.5 Å². The van der Waals surface area contributed by atoms with Crippen LogP contribution >= 0.6 is 0 Å². The zero-order valence-corrected chi connectivity index (χ0v) is 16.6. The van der Waals surface area contributed by atoms with Crippen molar-refractivity contribution in [2.24, 2.45) is 0 Å². The summed E-state index contributed by atoms with van der Waals surface area (Å²) in [6.07, 6.45) is 0.134. The number of benzene rings is 2. The number of amides is 2. The molecule has 0 saturated carbocycles. The van der Waals surface area contributed by atoms with Crippen LogP contribution < -0.4 is 5.32 Å². The molecule has 0 aliphatic carbocycles. The van der Waals surface area contributed by atoms with Crippen LogP contribution in [0.25, 0.3) is 0 Å². The lowest BCUT2D eigenvalue weighted by Crippen LogP contribution is -2.50. The van der Waals surface area contributed by atoms with Crippen LogP contribution in [0.2, 0.25) is 0 Å². The summed E-state index contributed by atoms with van der Waals surface area (Å²) in [6, 6.07) is 13.6. The molecule has 2 aromatic rings. The number of piperazine rings is 1. The van der Waals surface area contributed by atoms with Crippen molar-refractivity contribution < 1.29 is 22.4 Å². The van der Waals surface area contributed by atoms with E-state index in [1.54, 1.807) is 29.2 Å². The van der Waals surface area contributed by atoms with Crippen molar-refractivity contribution in [3.05, 3.63) is 66.0 Å². The van der Waals surface area contributed by atoms with E-state index in [2.05, 4.69) is 5.32 Å². The molecule has 0 bridgehead atoms. The zero-order chi connectivity index (χ0) is 20.9. The van der Waals surface area contributed by atoms with Gasteiger partial charge in [-0.15, -0.1) is 0 Å². The highest BCUT2D eigenvalue weighted by Crippen LogP contribution is 2.18. The highest BCUT2D eigenvalue weighted by Gasteiger charge is 2.30. The Labute approximate surface area is 169 Å². The van der Waals surface area contributed by atoms with Crippen molar-refractivity contribution in [3.8, 4) is 0 Å². The molecule has 0 aromatic heterocycles. The molecule has 154 valence electrons. The van der Waals surface area contributed by atoms with Crippen LogP contribution in [0.4, 0.5) is 4.39 Å². The number of carbonyl (C=O) groups is 2. The maximum Gasteiger partial charge on any atom is 0.251 e. The fourth-order valence-electron chi connectivity index (χ4n) is 3.09. The monoisotopic (exact) mass is 419 g/mol. The van der Waals surface area contributed by atoms with Gasteiger partial charge in [-0.3, -0.25) is 9.59 Å². The first-order valence-corrected chi connectivity index (χ1v) is 10.7. The minimum absolute atomic E-state index is 0.0964. The van der Waals surface area contributed by atoms with Crippen molar-refractivity contribution in [3.63, 3.8) is 0 Å². The lowest BCUT2D eigenvalue weighted by molar-refractivity contribution is -0.132. The summed E-state index contributed by atoms with van der Waals surface area (Å²) in [4.78, 5) is 25.8. The van der Waals surface area contributed by atoms with Gasteiger partial charge in [-0.05, 0) is 30.3 Å². The number of carbonyl (C=O) groups excluding carboxylic acids is 2. The predicted molar refractivity (Wildman–Crippen MR) is 105 cm³/mol. The number of hydrogen-bond donors (Lipinski definition) is 1. The SMILES string of the molecule is O=C(NCCC(=O)N1CCN(S(=O)(=O)c2cccc(F)c2)CC1)c1ccccc1. The van der Waals surface area contributed by atoms with Gasteiger partial charge in [-0.25, -0.2) is 12.8 Å². The summed E-state index contributed by atoms with van der Waals surface area (Å²) in [5, 5.41) is 2.70. The zero-order valence-electron chi connectivity index (χ0n) is 15.8. The second-order valence-corrected chi connectivity index (χ2v) is 8.55. The van der Waals surface area contributed by atoms with Crippen LogP contribution in [-0.4, -0.2) is 62.2 Å². The average molecular weight is 419 g/mol. The molecule has 1 heterocycles. The fraction of sp³-hybridized carbons (Fsp3) is 0.300. The first-order chi connectivity index (χ1) is 13.9. The van der Waals surface area contributed by atoms with Crippen LogP contribution in [0.15, 0.2) is 59.5 Å². The third-order valence-corrected chi connectivity index (χ3v) is 6.58. The predicted octanol–water partition coefficient (Wildman–Crippen LogP) is 1.48. The molecule has 9 heteroatoms. The summed E-state index contributed by atoms with van der Waals surface area (Å²) in [5.74, 6) is -1.01. The number of nitrogens with zero attached hydrogens (tertiary/aromatic N) is 2. The lowest BCUT2D eigenvalue weighted by atomic mass is 10.2. The molecular formula is C20H22FN3O4S. The van der Waals surface area contributed by atoms with Crippen LogP contribution in [0.5, 0.6) is 0 Å². The number of rotatable bonds is 6. The first-order valence-electron chi connectivity index (χ1n) is 9.24. The maximum absolute atomic E-state index is 13.4. The molecule has 0 radical (unpaired) electrons. The molecular weight excluding hydrogens is 397 g/mol. The molecule has 3 rings (SSSR count). The molecule has 29 heavy (non-hydrogen) atoms. The third-order valence-electron chi connectivity index (χ3n) is 4.69. The van der Waals surface area contributed by atoms with Crippen LogP contribution in [0, 0.1) is 5.82 Å². The summed E-state index contributed by atoms with van der Waals surface area (Å²) in [7, 11) is -3.79. The van der Waals surface area contributed by atoms with Gasteiger partial charge in [0.15, 0.2) is 0 Å². The van der Waals surface area contributed by atoms with Gasteiger partial charge >= 0.3 is 0 Å². The summed E-state index contributed by atoms with van der Waals surface area (Å²) in [6.45, 7) is 0.982. The van der Waals surface area contributed by atoms with Gasteiger partial charge in [0.25, 0.3) is 5.91 Å². The molecule has 0 spiro atoms. The van der Waals surface area contributed by atoms with E-state index in [-0.39, 0.29) is 55.9 Å². The molecule has 0 unspecified atom stereocenters. The largest absolute Gasteiger partial charge is 0.352 e. The fourth-order valence-corrected chi connectivity index (χ4v) is 4.54. The quantitative estimate of drug-likeness (QED) is 0.768. The maximum atomic E-state index is 13.4. The number of hydrogen-bond acceptors (Lipinski definition) is 4. The van der Waals surface area contributed by atoms with E-state index in [9.17, 15) is 22.4 Å². The summed E-state index contributed by atoms with van der Waals surface area (Å²) in [5.41, 5.74) is 0.524. The second-order valence-electron chi connectivity index (χ2n) is 6.61. The Morgan fingerprint density at radius 1 is 0.966 bits per heavy atom. The smallest absolute Gasteiger partial charge is 0.251 e. The van der Waals surface area contributed by atoms with Gasteiger partial charge in [0, 0.05) is 44.7 Å². The number of sulfonamides is 1. The van der Waals surface area contributed by atoms with Crippen LogP contribution in [0.3, 0.4) is 0 Å². The van der Waals surface area contributed by atoms with Gasteiger partial charge < -0.3 is 10.2 Å². The van der Waals surface area contributed by atoms with Crippen LogP contribution in [0.1, 0.15) is 16.8 Å². The summed E-state index contributed by atoms with van der Waals surface area (Å²) >= 11 is 0. The van der Waals surface area contributed by atoms with Gasteiger partial charge in [0.2, 0.25) is 15.9 Å². The molecule has 1 N–H and O–H groups in total. The van der Waals surface area contributed by atoms with E-state index in [0.29, 0.717) is 5.56 Å². The Balaban J connectivity index is 1.47. The molecule has 1 fully saturated rings. The Morgan fingerprint density at radius 3 is 2.31 bits per heavy atom. The highest BCUT2D eigenvalue weighted by atomic mass is 32.2. The molecule has 1 saturated heterocycles. The van der Waals surface area contributed by atoms with Crippen molar-refractivity contribution in [1.82, 2.24) is 14.5 Å². The Morgan fingerprint density at radius 2 is 1.66 bits per heavy atom. The Kier molecular flexibility index (Phi) is 6.60. The average Bonchev–Trinajstić information content (AvgIpc) is 2.74. The van der Waals surface area contributed by atoms with E-state index in [1.807, 2.05) is 6.07 Å². The van der Waals surface area contributed by atoms with Crippen molar-refractivity contribution in [2.45, 2.75) is 11.3 Å². The minimum Gasteiger partial charge on any atom is -0.352 e. The van der Waals surface area contributed by atoms with E-state index < -0.39 is 15.8 Å². The van der Waals surface area contributed by atoms with Crippen molar-refractivity contribution in [1.29, 1.82) is 0 Å². The Bertz CT molecular complexity index is 974. The second kappa shape index (κ2) is 9.15. The molecule has 1 aliphatic heterocycles. The van der Waals surface area contributed by atoms with Gasteiger partial charge in [0.1, 0.15) is 5.82 Å². The minimum atomic E-state index is -3.79. The molecule has 1 aliphatic rings. The lowest BCUT2D eigenvalue weighted by Gasteiger charge is -2.34. The first kappa shape index (κ1) is 20.9. The van der Waals surface area contributed by atoms with E-state index in [0.717, 1.165) is 6.07 Å². The topological polar surface area (TPSA) is 86.8 Å². The summed E-state index contributed by atoms with van der Waals surface area (Å²) < 4.78 is 39.8. The van der Waals surface area contributed by atoms with E-state index >= 15 is 0 Å². The standard InChI is InChI=1S/C20H22FN3O4S/c21-17-7-4-8-18(15-17)29(27,28)24-13-11-23(12-14-24)19(25)9-10-22-20(26)16-5-2-1-3-6-16/h1-8,15H,9-14H2,(H,22,26). The van der Waals surface area contributed by atoms with Crippen molar-refractivity contribution >= 4 is 21.8 Å². The number of nitrogens with one attached hydrogen (secondary N) is 1. The molecule has 2 amide bonds. The highest BCUT2D eigenvalue weighted by molar-refractivity contribution is 7.89. The number of halogens is 1.